The Morgan fingerprint density at radius 3 is 2.66 bits per heavy atom. The number of amides is 1. The number of pyridine rings is 1. The molecule has 3 rings (SSSR count). The Morgan fingerprint density at radius 1 is 1.13 bits per heavy atom. The first-order valence-electron chi connectivity index (χ1n) is 13.3. The van der Waals surface area contributed by atoms with Crippen LogP contribution in [0.4, 0.5) is 21.8 Å². The Labute approximate surface area is 224 Å². The molecule has 2 heterocycles. The summed E-state index contributed by atoms with van der Waals surface area (Å²) in [6.45, 7) is 9.94. The molecule has 0 bridgehead atoms. The van der Waals surface area contributed by atoms with Crippen molar-refractivity contribution in [2.75, 3.05) is 29.0 Å². The van der Waals surface area contributed by atoms with Gasteiger partial charge in [0.05, 0.1) is 11.4 Å². The lowest BCUT2D eigenvalue weighted by Crippen LogP contribution is -2.29. The van der Waals surface area contributed by atoms with E-state index in [9.17, 15) is 9.18 Å². The Hall–Kier alpha value is -3.75. The van der Waals surface area contributed by atoms with Crippen LogP contribution in [0.3, 0.4) is 0 Å². The van der Waals surface area contributed by atoms with Crippen molar-refractivity contribution in [3.63, 3.8) is 0 Å². The first-order chi connectivity index (χ1) is 18.3. The molecule has 0 aliphatic carbocycles. The normalized spacial score (nSPS) is 11.8. The van der Waals surface area contributed by atoms with E-state index in [1.807, 2.05) is 32.9 Å². The lowest BCUT2D eigenvalue weighted by Gasteiger charge is -2.26. The second kappa shape index (κ2) is 14.3. The van der Waals surface area contributed by atoms with E-state index in [4.69, 9.17) is 10.5 Å². The molecule has 8 nitrogen and oxygen atoms in total. The maximum Gasteiger partial charge on any atom is 0.227 e. The summed E-state index contributed by atoms with van der Waals surface area (Å²) in [6.07, 6.45) is 6.41. The summed E-state index contributed by atoms with van der Waals surface area (Å²) in [5.74, 6) is 1.07. The second-order valence-corrected chi connectivity index (χ2v) is 9.64. The standard InChI is InChI=1S/C29H39FN6O2/c1-5-16-36(27-26(10-7-14-32-27)38-19-23-13-15-33-29(31)34-23)17-8-9-21(6-2)28(37)35-25-18-22(20(3)4)11-12-24(25)30/h7,10-15,18,20-21H,5-6,8-9,16-17,19H2,1-4H3,(H,35,37)(H2,31,33,34). The molecule has 0 aliphatic heterocycles. The third kappa shape index (κ3) is 8.13. The van der Waals surface area contributed by atoms with E-state index in [1.54, 1.807) is 30.6 Å². The maximum absolute atomic E-state index is 14.4. The Morgan fingerprint density at radius 2 is 1.95 bits per heavy atom. The van der Waals surface area contributed by atoms with Crippen molar-refractivity contribution in [1.82, 2.24) is 15.0 Å². The summed E-state index contributed by atoms with van der Waals surface area (Å²) in [7, 11) is 0. The van der Waals surface area contributed by atoms with Crippen molar-refractivity contribution in [2.45, 2.75) is 65.9 Å². The van der Waals surface area contributed by atoms with Gasteiger partial charge in [-0.1, -0.05) is 33.8 Å². The lowest BCUT2D eigenvalue weighted by molar-refractivity contribution is -0.120. The fourth-order valence-electron chi connectivity index (χ4n) is 4.25. The van der Waals surface area contributed by atoms with Crippen molar-refractivity contribution < 1.29 is 13.9 Å². The molecule has 9 heteroatoms. The molecule has 0 saturated heterocycles. The summed E-state index contributed by atoms with van der Waals surface area (Å²) in [4.78, 5) is 27.9. The highest BCUT2D eigenvalue weighted by molar-refractivity contribution is 5.92. The number of rotatable bonds is 14. The van der Waals surface area contributed by atoms with Crippen molar-refractivity contribution in [3.8, 4) is 5.75 Å². The average molecular weight is 523 g/mol. The van der Waals surface area contributed by atoms with Gasteiger partial charge in [0, 0.05) is 31.4 Å². The molecule has 0 saturated carbocycles. The van der Waals surface area contributed by atoms with Gasteiger partial charge >= 0.3 is 0 Å². The SMILES string of the molecule is CCCN(CCCC(CC)C(=O)Nc1cc(C(C)C)ccc1F)c1ncccc1OCc1ccnc(N)n1. The minimum absolute atomic E-state index is 0.152. The van der Waals surface area contributed by atoms with Crippen LogP contribution in [0.1, 0.15) is 70.6 Å². The minimum atomic E-state index is -0.418. The zero-order valence-electron chi connectivity index (χ0n) is 22.8. The van der Waals surface area contributed by atoms with Crippen LogP contribution >= 0.6 is 0 Å². The number of nitrogens with two attached hydrogens (primary N) is 1. The topological polar surface area (TPSA) is 106 Å². The molecule has 1 amide bonds. The molecule has 1 unspecified atom stereocenters. The largest absolute Gasteiger partial charge is 0.483 e. The number of ether oxygens (including phenoxy) is 1. The van der Waals surface area contributed by atoms with Crippen LogP contribution in [0, 0.1) is 11.7 Å². The Kier molecular flexibility index (Phi) is 10.8. The number of carbonyl (C=O) groups excluding carboxylic acids is 1. The van der Waals surface area contributed by atoms with Gasteiger partial charge in [0.15, 0.2) is 11.6 Å². The van der Waals surface area contributed by atoms with Gasteiger partial charge in [-0.3, -0.25) is 4.79 Å². The van der Waals surface area contributed by atoms with Crippen LogP contribution < -0.4 is 20.7 Å². The first kappa shape index (κ1) is 28.8. The maximum atomic E-state index is 14.4. The molecular formula is C29H39FN6O2. The van der Waals surface area contributed by atoms with Gasteiger partial charge in [-0.25, -0.2) is 19.3 Å². The molecule has 3 aromatic rings. The number of anilines is 3. The zero-order chi connectivity index (χ0) is 27.5. The summed E-state index contributed by atoms with van der Waals surface area (Å²) < 4.78 is 20.4. The summed E-state index contributed by atoms with van der Waals surface area (Å²) in [5.41, 5.74) is 7.59. The van der Waals surface area contributed by atoms with Gasteiger partial charge in [0.1, 0.15) is 12.4 Å². The number of nitrogens with zero attached hydrogens (tertiary/aromatic N) is 4. The molecule has 2 aromatic heterocycles. The van der Waals surface area contributed by atoms with Crippen molar-refractivity contribution >= 4 is 23.4 Å². The smallest absolute Gasteiger partial charge is 0.227 e. The van der Waals surface area contributed by atoms with Crippen molar-refractivity contribution in [2.24, 2.45) is 5.92 Å². The van der Waals surface area contributed by atoms with E-state index in [2.05, 4.69) is 32.1 Å². The summed E-state index contributed by atoms with van der Waals surface area (Å²) >= 11 is 0. The van der Waals surface area contributed by atoms with Crippen molar-refractivity contribution in [3.05, 3.63) is 65.9 Å². The number of carbonyl (C=O) groups is 1. The summed E-state index contributed by atoms with van der Waals surface area (Å²) in [6, 6.07) is 10.4. The predicted octanol–water partition coefficient (Wildman–Crippen LogP) is 5.96. The molecule has 3 N–H and O–H groups in total. The number of nitrogens with one attached hydrogen (secondary N) is 1. The molecule has 0 fully saturated rings. The predicted molar refractivity (Wildman–Crippen MR) is 150 cm³/mol. The second-order valence-electron chi connectivity index (χ2n) is 9.64. The number of benzene rings is 1. The third-order valence-corrected chi connectivity index (χ3v) is 6.41. The molecule has 0 aliphatic rings. The molecule has 1 aromatic carbocycles. The highest BCUT2D eigenvalue weighted by Gasteiger charge is 2.20. The van der Waals surface area contributed by atoms with E-state index < -0.39 is 5.82 Å². The van der Waals surface area contributed by atoms with E-state index in [0.717, 1.165) is 30.8 Å². The lowest BCUT2D eigenvalue weighted by atomic mass is 9.98. The van der Waals surface area contributed by atoms with Gasteiger partial charge in [-0.15, -0.1) is 0 Å². The minimum Gasteiger partial charge on any atom is -0.483 e. The molecule has 0 spiro atoms. The quantitative estimate of drug-likeness (QED) is 0.269. The monoisotopic (exact) mass is 522 g/mol. The third-order valence-electron chi connectivity index (χ3n) is 6.41. The zero-order valence-corrected chi connectivity index (χ0v) is 22.8. The summed E-state index contributed by atoms with van der Waals surface area (Å²) in [5, 5.41) is 2.82. The van der Waals surface area contributed by atoms with Gasteiger partial charge in [-0.05, 0) is 67.5 Å². The van der Waals surface area contributed by atoms with Crippen LogP contribution in [0.5, 0.6) is 5.75 Å². The van der Waals surface area contributed by atoms with Gasteiger partial charge in [-0.2, -0.15) is 0 Å². The van der Waals surface area contributed by atoms with Crippen LogP contribution in [0.25, 0.3) is 0 Å². The van der Waals surface area contributed by atoms with E-state index in [1.165, 1.54) is 6.07 Å². The van der Waals surface area contributed by atoms with Crippen LogP contribution in [0.2, 0.25) is 0 Å². The molecular weight excluding hydrogens is 483 g/mol. The van der Waals surface area contributed by atoms with Crippen LogP contribution in [0.15, 0.2) is 48.8 Å². The fraction of sp³-hybridized carbons (Fsp3) is 0.448. The molecule has 38 heavy (non-hydrogen) atoms. The van der Waals surface area contributed by atoms with E-state index in [-0.39, 0.29) is 36.0 Å². The Balaban J connectivity index is 1.63. The number of aromatic nitrogens is 3. The van der Waals surface area contributed by atoms with E-state index >= 15 is 0 Å². The molecule has 0 radical (unpaired) electrons. The highest BCUT2D eigenvalue weighted by atomic mass is 19.1. The number of nitrogen functional groups attached to an aromatic ring is 1. The average Bonchev–Trinajstić information content (AvgIpc) is 2.90. The first-order valence-corrected chi connectivity index (χ1v) is 13.3. The van der Waals surface area contributed by atoms with Gasteiger partial charge < -0.3 is 20.7 Å². The van der Waals surface area contributed by atoms with Crippen LogP contribution in [-0.2, 0) is 11.4 Å². The number of hydrogen-bond acceptors (Lipinski definition) is 7. The Bertz CT molecular complexity index is 1190. The molecule has 204 valence electrons. The molecule has 1 atom stereocenters. The van der Waals surface area contributed by atoms with Gasteiger partial charge in [0.2, 0.25) is 11.9 Å². The highest BCUT2D eigenvalue weighted by Crippen LogP contribution is 2.28. The number of halogens is 1. The van der Waals surface area contributed by atoms with E-state index in [0.29, 0.717) is 30.8 Å². The fourth-order valence-corrected chi connectivity index (χ4v) is 4.25. The number of hydrogen-bond donors (Lipinski definition) is 2. The van der Waals surface area contributed by atoms with Crippen molar-refractivity contribution in [1.29, 1.82) is 0 Å². The van der Waals surface area contributed by atoms with Gasteiger partial charge in [0.25, 0.3) is 0 Å². The van der Waals surface area contributed by atoms with Crippen LogP contribution in [-0.4, -0.2) is 33.9 Å².